The van der Waals surface area contributed by atoms with Crippen LogP contribution < -0.4 is 21.7 Å². The third-order valence-electron chi connectivity index (χ3n) is 11.0. The van der Waals surface area contributed by atoms with Crippen LogP contribution in [-0.4, -0.2) is 82.9 Å². The summed E-state index contributed by atoms with van der Waals surface area (Å²) in [6.45, 7) is 5.28. The lowest BCUT2D eigenvalue weighted by Crippen LogP contribution is -2.36. The van der Waals surface area contributed by atoms with Gasteiger partial charge in [0.1, 0.15) is 23.3 Å². The summed E-state index contributed by atoms with van der Waals surface area (Å²) < 4.78 is 0. The lowest BCUT2D eigenvalue weighted by atomic mass is 9.92. The zero-order valence-corrected chi connectivity index (χ0v) is 34.2. The van der Waals surface area contributed by atoms with Gasteiger partial charge in [0.25, 0.3) is 0 Å². The molecule has 8 rings (SSSR count). The van der Waals surface area contributed by atoms with E-state index in [9.17, 15) is 19.8 Å². The van der Waals surface area contributed by atoms with Crippen molar-refractivity contribution in [2.24, 2.45) is 28.7 Å². The number of hydrogen-bond donors (Lipinski definition) is 6. The number of rotatable bonds is 14. The Labute approximate surface area is 351 Å². The van der Waals surface area contributed by atoms with Gasteiger partial charge in [0.05, 0.1) is 40.5 Å². The van der Waals surface area contributed by atoms with Gasteiger partial charge in [-0.05, 0) is 91.9 Å². The molecule has 5 atom stereocenters. The van der Waals surface area contributed by atoms with Crippen molar-refractivity contribution in [3.63, 3.8) is 0 Å². The number of nitrogens with one attached hydrogen (secondary N) is 3. The van der Waals surface area contributed by atoms with Gasteiger partial charge in [-0.1, -0.05) is 0 Å². The fraction of sp³-hybridized carbons (Fsp3) is 0.333. The molecule has 0 bridgehead atoms. The van der Waals surface area contributed by atoms with E-state index in [2.05, 4.69) is 51.9 Å². The first-order chi connectivity index (χ1) is 29.2. The van der Waals surface area contributed by atoms with Gasteiger partial charge in [0.2, 0.25) is 11.8 Å². The monoisotopic (exact) mass is 818 g/mol. The standard InChI is InChI=1S/C45H46N12O4/c1-44(2,60)15-24-5-7-49-19-32(24)37-12-27-14-39(57-43(59)31-10-29(31)18-48-4)52-22-35(27)41(55-37)53-23-45(3,61)16-25-6-8-50-20-33(25)36-11-26-13-38(51-21-34(26)40(47)54-36)56-42(58)30-9-28(30)17-46/h5-8,11-14,18-22,28-31,60-61H,9-10,15-16,23H2,1-4H3,(H2,47,54)(H,53,55)(H,51,56,58)(H,52,57,59)/t28-,29+,30+,31-,45?/m1/s1. The molecule has 16 nitrogen and oxygen atoms in total. The molecule has 2 aliphatic carbocycles. The molecular formula is C45H46N12O4. The number of aromatic nitrogens is 6. The van der Waals surface area contributed by atoms with E-state index in [-0.39, 0.29) is 54.3 Å². The Morgan fingerprint density at radius 3 is 2.05 bits per heavy atom. The normalized spacial score (nSPS) is 19.3. The Morgan fingerprint density at radius 1 is 0.852 bits per heavy atom. The van der Waals surface area contributed by atoms with Crippen molar-refractivity contribution in [2.75, 3.05) is 35.3 Å². The molecule has 6 aromatic rings. The Bertz CT molecular complexity index is 2760. The van der Waals surface area contributed by atoms with Crippen LogP contribution in [0.15, 0.2) is 78.6 Å². The molecule has 0 spiro atoms. The molecule has 1 unspecified atom stereocenters. The summed E-state index contributed by atoms with van der Waals surface area (Å²) in [5, 5.41) is 43.7. The molecule has 6 aromatic heterocycles. The number of carbonyl (C=O) groups excluding carboxylic acids is 2. The van der Waals surface area contributed by atoms with Crippen LogP contribution in [0.4, 0.5) is 23.3 Å². The average Bonchev–Trinajstić information content (AvgIpc) is 4.16. The van der Waals surface area contributed by atoms with Crippen molar-refractivity contribution in [2.45, 2.75) is 57.7 Å². The van der Waals surface area contributed by atoms with E-state index in [4.69, 9.17) is 16.0 Å². The highest BCUT2D eigenvalue weighted by atomic mass is 16.3. The van der Waals surface area contributed by atoms with Crippen LogP contribution >= 0.6 is 0 Å². The van der Waals surface area contributed by atoms with Crippen LogP contribution in [0.25, 0.3) is 44.1 Å². The molecular weight excluding hydrogens is 773 g/mol. The Kier molecular flexibility index (Phi) is 10.9. The molecule has 16 heteroatoms. The fourth-order valence-electron chi connectivity index (χ4n) is 7.64. The van der Waals surface area contributed by atoms with Gasteiger partial charge in [-0.3, -0.25) is 19.6 Å². The van der Waals surface area contributed by atoms with Crippen LogP contribution in [0.1, 0.15) is 44.7 Å². The summed E-state index contributed by atoms with van der Waals surface area (Å²) in [6.07, 6.45) is 13.5. The number of nitrogen functional groups attached to an aromatic ring is 1. The summed E-state index contributed by atoms with van der Waals surface area (Å²) in [4.78, 5) is 57.1. The molecule has 2 aliphatic rings. The van der Waals surface area contributed by atoms with Crippen molar-refractivity contribution in [1.29, 1.82) is 5.26 Å². The minimum absolute atomic E-state index is 0.0695. The van der Waals surface area contributed by atoms with Gasteiger partial charge < -0.3 is 36.9 Å². The molecule has 2 amide bonds. The molecule has 0 radical (unpaired) electrons. The molecule has 310 valence electrons. The largest absolute Gasteiger partial charge is 0.390 e. The third kappa shape index (κ3) is 9.28. The van der Waals surface area contributed by atoms with Crippen LogP contribution in [0.5, 0.6) is 0 Å². The number of anilines is 4. The number of aliphatic imine (C=N–C) groups is 1. The Hall–Kier alpha value is -6.96. The van der Waals surface area contributed by atoms with E-state index in [1.807, 2.05) is 24.3 Å². The summed E-state index contributed by atoms with van der Waals surface area (Å²) in [5.41, 5.74) is 8.21. The molecule has 2 saturated carbocycles. The van der Waals surface area contributed by atoms with Gasteiger partial charge in [0.15, 0.2) is 0 Å². The highest BCUT2D eigenvalue weighted by Crippen LogP contribution is 2.40. The molecule has 7 N–H and O–H groups in total. The Balaban J connectivity index is 1.07. The highest BCUT2D eigenvalue weighted by Gasteiger charge is 2.43. The van der Waals surface area contributed by atoms with Gasteiger partial charge in [-0.2, -0.15) is 5.26 Å². The van der Waals surface area contributed by atoms with E-state index in [1.54, 1.807) is 83.3 Å². The quantitative estimate of drug-likeness (QED) is 0.0758. The van der Waals surface area contributed by atoms with Crippen molar-refractivity contribution in [3.05, 3.63) is 84.7 Å². The maximum atomic E-state index is 13.0. The molecule has 61 heavy (non-hydrogen) atoms. The number of aliphatic hydroxyl groups is 2. The summed E-state index contributed by atoms with van der Waals surface area (Å²) in [5.74, 6) is 0.411. The number of nitrogens with zero attached hydrogens (tertiary/aromatic N) is 8. The predicted octanol–water partition coefficient (Wildman–Crippen LogP) is 5.37. The lowest BCUT2D eigenvalue weighted by Gasteiger charge is -2.26. The average molecular weight is 819 g/mol. The van der Waals surface area contributed by atoms with Crippen molar-refractivity contribution in [1.82, 2.24) is 29.9 Å². The first-order valence-electron chi connectivity index (χ1n) is 20.0. The lowest BCUT2D eigenvalue weighted by molar-refractivity contribution is -0.118. The predicted molar refractivity (Wildman–Crippen MR) is 233 cm³/mol. The van der Waals surface area contributed by atoms with Crippen molar-refractivity contribution in [3.8, 4) is 28.6 Å². The third-order valence-corrected chi connectivity index (χ3v) is 11.0. The van der Waals surface area contributed by atoms with E-state index in [0.29, 0.717) is 63.4 Å². The van der Waals surface area contributed by atoms with E-state index in [0.717, 1.165) is 28.5 Å². The minimum Gasteiger partial charge on any atom is -0.390 e. The zero-order valence-electron chi connectivity index (χ0n) is 34.2. The number of carbonyl (C=O) groups is 2. The van der Waals surface area contributed by atoms with Gasteiger partial charge in [-0.25, -0.2) is 19.9 Å². The molecule has 2 fully saturated rings. The molecule has 6 heterocycles. The number of nitriles is 1. The number of pyridine rings is 6. The van der Waals surface area contributed by atoms with Crippen molar-refractivity contribution >= 4 is 62.8 Å². The summed E-state index contributed by atoms with van der Waals surface area (Å²) in [7, 11) is 1.70. The van der Waals surface area contributed by atoms with Crippen LogP contribution in [0.2, 0.25) is 0 Å². The minimum atomic E-state index is -1.34. The van der Waals surface area contributed by atoms with Gasteiger partial charge >= 0.3 is 0 Å². The van der Waals surface area contributed by atoms with Crippen molar-refractivity contribution < 1.29 is 19.8 Å². The van der Waals surface area contributed by atoms with Crippen LogP contribution in [0.3, 0.4) is 0 Å². The SMILES string of the molecule is CN=C[C@@H]1C[C@H]1C(=O)Nc1cc2cc(-c3cnccc3CC(C)(C)O)nc(NCC(C)(O)Cc3ccncc3-c3cc4cc(NC(=O)[C@H]5C[C@@H]5C#N)ncc4c(N)n3)c2cn1. The zero-order chi connectivity index (χ0) is 43.1. The maximum absolute atomic E-state index is 13.0. The number of hydrogen-bond acceptors (Lipinski definition) is 14. The number of amides is 2. The first kappa shape index (κ1) is 40.8. The second kappa shape index (κ2) is 16.2. The molecule has 0 aliphatic heterocycles. The van der Waals surface area contributed by atoms with E-state index >= 15 is 0 Å². The van der Waals surface area contributed by atoms with E-state index in [1.165, 1.54) is 0 Å². The molecule has 0 saturated heterocycles. The Morgan fingerprint density at radius 2 is 1.44 bits per heavy atom. The topological polar surface area (TPSA) is 250 Å². The second-order valence-corrected chi connectivity index (χ2v) is 16.9. The summed E-state index contributed by atoms with van der Waals surface area (Å²) >= 11 is 0. The maximum Gasteiger partial charge on any atom is 0.230 e. The van der Waals surface area contributed by atoms with Crippen LogP contribution in [-0.2, 0) is 22.4 Å². The molecule has 0 aromatic carbocycles. The second-order valence-electron chi connectivity index (χ2n) is 16.9. The van der Waals surface area contributed by atoms with Crippen LogP contribution in [0, 0.1) is 35.0 Å². The van der Waals surface area contributed by atoms with Gasteiger partial charge in [0, 0.05) is 104 Å². The first-order valence-corrected chi connectivity index (χ1v) is 20.0. The number of fused-ring (bicyclic) bond motifs is 2. The highest BCUT2D eigenvalue weighted by molar-refractivity contribution is 6.01. The van der Waals surface area contributed by atoms with Gasteiger partial charge in [-0.15, -0.1) is 0 Å². The van der Waals surface area contributed by atoms with E-state index < -0.39 is 11.2 Å². The number of nitrogens with two attached hydrogens (primary N) is 1. The summed E-state index contributed by atoms with van der Waals surface area (Å²) in [6, 6.07) is 13.1. The smallest absolute Gasteiger partial charge is 0.230 e. The fourth-order valence-corrected chi connectivity index (χ4v) is 7.64.